The molecule has 8 heteroatoms. The maximum absolute atomic E-state index is 12.6. The number of hydrogen-bond donors (Lipinski definition) is 1. The summed E-state index contributed by atoms with van der Waals surface area (Å²) in [5.41, 5.74) is 0.432. The molecule has 1 atom stereocenters. The highest BCUT2D eigenvalue weighted by atomic mass is 32.2. The lowest BCUT2D eigenvalue weighted by Gasteiger charge is -2.30. The Balaban J connectivity index is 2.01. The fourth-order valence-corrected chi connectivity index (χ4v) is 3.95. The molecule has 1 aromatic rings. The Hall–Kier alpha value is -1.48. The van der Waals surface area contributed by atoms with Crippen LogP contribution in [0.15, 0.2) is 29.2 Å². The molecule has 1 amide bonds. The Bertz CT molecular complexity index is 645. The average Bonchev–Trinajstić information content (AvgIpc) is 2.58. The predicted molar refractivity (Wildman–Crippen MR) is 89.4 cm³/mol. The van der Waals surface area contributed by atoms with E-state index in [-0.39, 0.29) is 16.9 Å². The van der Waals surface area contributed by atoms with Crippen molar-refractivity contribution in [1.29, 1.82) is 0 Å². The summed E-state index contributed by atoms with van der Waals surface area (Å²) in [6, 6.07) is 6.00. The standard InChI is InChI=1S/C16H24N2O5S/c1-13-12-18(9-11-23-13)24(20,21)15-6-4-14(5-7-15)16(19)17-8-3-10-22-2/h4-7,13H,3,8-12H2,1-2H3,(H,17,19). The third kappa shape index (κ3) is 4.76. The van der Waals surface area contributed by atoms with Crippen molar-refractivity contribution in [2.75, 3.05) is 40.0 Å². The number of nitrogens with zero attached hydrogens (tertiary/aromatic N) is 1. The molecule has 1 aliphatic heterocycles. The number of morpholine rings is 1. The Morgan fingerprint density at radius 2 is 2.08 bits per heavy atom. The number of hydrogen-bond acceptors (Lipinski definition) is 5. The smallest absolute Gasteiger partial charge is 0.251 e. The molecule has 134 valence electrons. The molecule has 0 bridgehead atoms. The summed E-state index contributed by atoms with van der Waals surface area (Å²) >= 11 is 0. The quantitative estimate of drug-likeness (QED) is 0.733. The number of amides is 1. The molecule has 1 saturated heterocycles. The molecule has 7 nitrogen and oxygen atoms in total. The van der Waals surface area contributed by atoms with Crippen molar-refractivity contribution in [3.63, 3.8) is 0 Å². The Kier molecular flexibility index (Phi) is 6.73. The van der Waals surface area contributed by atoms with Crippen LogP contribution in [-0.2, 0) is 19.5 Å². The highest BCUT2D eigenvalue weighted by Crippen LogP contribution is 2.19. The maximum Gasteiger partial charge on any atom is 0.251 e. The number of methoxy groups -OCH3 is 1. The van der Waals surface area contributed by atoms with Crippen molar-refractivity contribution < 1.29 is 22.7 Å². The van der Waals surface area contributed by atoms with Crippen molar-refractivity contribution in [2.45, 2.75) is 24.3 Å². The molecule has 24 heavy (non-hydrogen) atoms. The van der Waals surface area contributed by atoms with E-state index in [4.69, 9.17) is 9.47 Å². The first-order valence-electron chi connectivity index (χ1n) is 7.94. The SMILES string of the molecule is COCCCNC(=O)c1ccc(S(=O)(=O)N2CCOC(C)C2)cc1. The molecule has 1 heterocycles. The van der Waals surface area contributed by atoms with E-state index in [0.717, 1.165) is 6.42 Å². The summed E-state index contributed by atoms with van der Waals surface area (Å²) < 4.78 is 36.9. The lowest BCUT2D eigenvalue weighted by Crippen LogP contribution is -2.44. The molecule has 0 aromatic heterocycles. The van der Waals surface area contributed by atoms with Crippen LogP contribution in [0.1, 0.15) is 23.7 Å². The third-order valence-corrected chi connectivity index (χ3v) is 5.65. The second-order valence-electron chi connectivity index (χ2n) is 5.67. The molecule has 2 rings (SSSR count). The van der Waals surface area contributed by atoms with Gasteiger partial charge in [0.15, 0.2) is 0 Å². The second kappa shape index (κ2) is 8.57. The van der Waals surface area contributed by atoms with E-state index in [0.29, 0.717) is 38.4 Å². The van der Waals surface area contributed by atoms with Gasteiger partial charge in [-0.3, -0.25) is 4.79 Å². The van der Waals surface area contributed by atoms with Crippen LogP contribution in [0.2, 0.25) is 0 Å². The number of sulfonamides is 1. The molecule has 1 unspecified atom stereocenters. The Morgan fingerprint density at radius 1 is 1.38 bits per heavy atom. The molecule has 0 radical (unpaired) electrons. The van der Waals surface area contributed by atoms with Gasteiger partial charge in [-0.15, -0.1) is 0 Å². The minimum absolute atomic E-state index is 0.120. The Morgan fingerprint density at radius 3 is 2.71 bits per heavy atom. The monoisotopic (exact) mass is 356 g/mol. The van der Waals surface area contributed by atoms with Crippen LogP contribution >= 0.6 is 0 Å². The number of rotatable bonds is 7. The van der Waals surface area contributed by atoms with Crippen LogP contribution in [0, 0.1) is 0 Å². The first kappa shape index (κ1) is 18.9. The summed E-state index contributed by atoms with van der Waals surface area (Å²) in [5, 5.41) is 2.77. The molecular weight excluding hydrogens is 332 g/mol. The first-order valence-corrected chi connectivity index (χ1v) is 9.38. The number of nitrogens with one attached hydrogen (secondary N) is 1. The summed E-state index contributed by atoms with van der Waals surface area (Å²) in [6.07, 6.45) is 0.606. The molecule has 1 fully saturated rings. The molecule has 0 spiro atoms. The van der Waals surface area contributed by atoms with Gasteiger partial charge in [0.1, 0.15) is 0 Å². The van der Waals surface area contributed by atoms with Gasteiger partial charge in [0.25, 0.3) is 5.91 Å². The minimum atomic E-state index is -3.56. The summed E-state index contributed by atoms with van der Waals surface area (Å²) in [6.45, 7) is 4.01. The maximum atomic E-state index is 12.6. The zero-order chi connectivity index (χ0) is 17.6. The van der Waals surface area contributed by atoms with Gasteiger partial charge in [0.2, 0.25) is 10.0 Å². The van der Waals surface area contributed by atoms with Crippen LogP contribution < -0.4 is 5.32 Å². The van der Waals surface area contributed by atoms with Gasteiger partial charge in [-0.25, -0.2) is 8.42 Å². The Labute approximate surface area is 143 Å². The van der Waals surface area contributed by atoms with Gasteiger partial charge in [-0.1, -0.05) is 0 Å². The highest BCUT2D eigenvalue weighted by molar-refractivity contribution is 7.89. The topological polar surface area (TPSA) is 84.9 Å². The average molecular weight is 356 g/mol. The number of carbonyl (C=O) groups is 1. The van der Waals surface area contributed by atoms with E-state index in [1.165, 1.54) is 28.6 Å². The largest absolute Gasteiger partial charge is 0.385 e. The van der Waals surface area contributed by atoms with Crippen LogP contribution in [0.4, 0.5) is 0 Å². The van der Waals surface area contributed by atoms with Crippen molar-refractivity contribution >= 4 is 15.9 Å². The summed E-state index contributed by atoms with van der Waals surface area (Å²) in [7, 11) is -1.95. The van der Waals surface area contributed by atoms with E-state index in [1.807, 2.05) is 6.92 Å². The lowest BCUT2D eigenvalue weighted by molar-refractivity contribution is 0.0102. The molecule has 0 aliphatic carbocycles. The zero-order valence-electron chi connectivity index (χ0n) is 14.0. The van der Waals surface area contributed by atoms with Crippen LogP contribution in [0.25, 0.3) is 0 Å². The molecule has 1 N–H and O–H groups in total. The zero-order valence-corrected chi connectivity index (χ0v) is 14.8. The number of carbonyl (C=O) groups excluding carboxylic acids is 1. The van der Waals surface area contributed by atoms with Crippen LogP contribution in [-0.4, -0.2) is 64.7 Å². The summed E-state index contributed by atoms with van der Waals surface area (Å²) in [5.74, 6) is -0.227. The van der Waals surface area contributed by atoms with E-state index in [2.05, 4.69) is 5.32 Å². The fraction of sp³-hybridized carbons (Fsp3) is 0.562. The summed E-state index contributed by atoms with van der Waals surface area (Å²) in [4.78, 5) is 12.2. The van der Waals surface area contributed by atoms with Gasteiger partial charge in [-0.05, 0) is 37.6 Å². The van der Waals surface area contributed by atoms with Crippen molar-refractivity contribution in [2.24, 2.45) is 0 Å². The first-order chi connectivity index (χ1) is 11.4. The third-order valence-electron chi connectivity index (χ3n) is 3.77. The van der Waals surface area contributed by atoms with Crippen molar-refractivity contribution in [3.05, 3.63) is 29.8 Å². The van der Waals surface area contributed by atoms with E-state index in [9.17, 15) is 13.2 Å². The van der Waals surface area contributed by atoms with Gasteiger partial charge in [0, 0.05) is 38.9 Å². The molecule has 1 aromatic carbocycles. The van der Waals surface area contributed by atoms with Gasteiger partial charge >= 0.3 is 0 Å². The second-order valence-corrected chi connectivity index (χ2v) is 7.61. The molecule has 0 saturated carbocycles. The minimum Gasteiger partial charge on any atom is -0.385 e. The number of benzene rings is 1. The van der Waals surface area contributed by atoms with Crippen LogP contribution in [0.5, 0.6) is 0 Å². The van der Waals surface area contributed by atoms with E-state index < -0.39 is 10.0 Å². The lowest BCUT2D eigenvalue weighted by atomic mass is 10.2. The highest BCUT2D eigenvalue weighted by Gasteiger charge is 2.29. The van der Waals surface area contributed by atoms with E-state index in [1.54, 1.807) is 7.11 Å². The van der Waals surface area contributed by atoms with Gasteiger partial charge in [0.05, 0.1) is 17.6 Å². The van der Waals surface area contributed by atoms with Gasteiger partial charge in [-0.2, -0.15) is 4.31 Å². The van der Waals surface area contributed by atoms with Crippen LogP contribution in [0.3, 0.4) is 0 Å². The van der Waals surface area contributed by atoms with Gasteiger partial charge < -0.3 is 14.8 Å². The van der Waals surface area contributed by atoms with E-state index >= 15 is 0 Å². The fourth-order valence-electron chi connectivity index (χ4n) is 2.45. The van der Waals surface area contributed by atoms with Crippen molar-refractivity contribution in [1.82, 2.24) is 9.62 Å². The number of ether oxygens (including phenoxy) is 2. The van der Waals surface area contributed by atoms with Crippen molar-refractivity contribution in [3.8, 4) is 0 Å². The predicted octanol–water partition coefficient (Wildman–Crippen LogP) is 0.862. The normalized spacial score (nSPS) is 19.2. The molecular formula is C16H24N2O5S. The molecule has 1 aliphatic rings.